The first-order valence-electron chi connectivity index (χ1n) is 15.0. The minimum absolute atomic E-state index is 0.383. The fourth-order valence-electron chi connectivity index (χ4n) is 7.75. The number of para-hydroxylation sites is 1. The number of nitrogens with zero attached hydrogens (tertiary/aromatic N) is 1. The molecule has 0 radical (unpaired) electrons. The van der Waals surface area contributed by atoms with Crippen molar-refractivity contribution in [3.05, 3.63) is 174 Å². The van der Waals surface area contributed by atoms with E-state index in [0.29, 0.717) is 0 Å². The predicted octanol–water partition coefficient (Wildman–Crippen LogP) is 11.6. The number of hydrogen-bond acceptors (Lipinski definition) is 2. The van der Waals surface area contributed by atoms with Crippen LogP contribution in [0.3, 0.4) is 0 Å². The highest BCUT2D eigenvalue weighted by atomic mass is 32.1. The van der Waals surface area contributed by atoms with Gasteiger partial charge in [-0.2, -0.15) is 0 Å². The third-order valence-corrected chi connectivity index (χ3v) is 12.0. The number of fused-ring (bicyclic) bond motifs is 10. The van der Waals surface area contributed by atoms with E-state index in [1.807, 2.05) is 22.7 Å². The largest absolute Gasteiger partial charge is 0.301 e. The van der Waals surface area contributed by atoms with Gasteiger partial charge in [-0.15, -0.1) is 22.7 Å². The number of benzene rings is 6. The van der Waals surface area contributed by atoms with Crippen molar-refractivity contribution >= 4 is 63.3 Å². The summed E-state index contributed by atoms with van der Waals surface area (Å²) in [7, 11) is 0. The van der Waals surface area contributed by atoms with E-state index >= 15 is 0 Å². The maximum Gasteiger partial charge on any atom is 0.110 e. The molecule has 9 aromatic rings. The Morgan fingerprint density at radius 3 is 1.91 bits per heavy atom. The van der Waals surface area contributed by atoms with Crippen LogP contribution in [0.4, 0.5) is 0 Å². The zero-order chi connectivity index (χ0) is 28.8. The van der Waals surface area contributed by atoms with E-state index in [2.05, 4.69) is 156 Å². The van der Waals surface area contributed by atoms with Crippen LogP contribution >= 0.6 is 22.7 Å². The molecule has 44 heavy (non-hydrogen) atoms. The molecule has 3 heterocycles. The molecule has 206 valence electrons. The van der Waals surface area contributed by atoms with Gasteiger partial charge in [0, 0.05) is 26.5 Å². The zero-order valence-electron chi connectivity index (χ0n) is 23.7. The Morgan fingerprint density at radius 1 is 0.477 bits per heavy atom. The molecule has 0 spiro atoms. The van der Waals surface area contributed by atoms with Crippen LogP contribution in [-0.4, -0.2) is 4.57 Å². The predicted molar refractivity (Wildman–Crippen MR) is 189 cm³/mol. The van der Waals surface area contributed by atoms with Gasteiger partial charge in [0.05, 0.1) is 20.3 Å². The van der Waals surface area contributed by atoms with Crippen LogP contribution in [0.25, 0.3) is 57.4 Å². The van der Waals surface area contributed by atoms with Crippen LogP contribution in [0.5, 0.6) is 0 Å². The summed E-state index contributed by atoms with van der Waals surface area (Å²) in [5.41, 5.74) is 9.97. The second kappa shape index (κ2) is 9.03. The van der Waals surface area contributed by atoms with E-state index in [4.69, 9.17) is 0 Å². The minimum atomic E-state index is -0.383. The van der Waals surface area contributed by atoms with E-state index < -0.39 is 0 Å². The van der Waals surface area contributed by atoms with Gasteiger partial charge in [0.15, 0.2) is 0 Å². The van der Waals surface area contributed by atoms with Gasteiger partial charge < -0.3 is 4.57 Å². The second-order valence-corrected chi connectivity index (χ2v) is 13.7. The lowest BCUT2D eigenvalue weighted by atomic mass is 9.68. The first kappa shape index (κ1) is 24.5. The highest BCUT2D eigenvalue weighted by Gasteiger charge is 2.46. The Morgan fingerprint density at radius 2 is 1.11 bits per heavy atom. The van der Waals surface area contributed by atoms with Crippen LogP contribution in [0.2, 0.25) is 0 Å². The van der Waals surface area contributed by atoms with Gasteiger partial charge >= 0.3 is 0 Å². The van der Waals surface area contributed by atoms with E-state index in [9.17, 15) is 0 Å². The summed E-state index contributed by atoms with van der Waals surface area (Å²) >= 11 is 3.85. The maximum absolute atomic E-state index is 2.50. The minimum Gasteiger partial charge on any atom is -0.301 e. The van der Waals surface area contributed by atoms with Gasteiger partial charge in [-0.25, -0.2) is 0 Å². The van der Waals surface area contributed by atoms with E-state index in [0.717, 1.165) is 0 Å². The third kappa shape index (κ3) is 3.08. The fourth-order valence-corrected chi connectivity index (χ4v) is 10.6. The molecular formula is C41H25NS2. The molecule has 0 saturated carbocycles. The molecule has 0 bridgehead atoms. The van der Waals surface area contributed by atoms with Crippen molar-refractivity contribution in [2.45, 2.75) is 5.41 Å². The molecule has 10 rings (SSSR count). The van der Waals surface area contributed by atoms with Crippen molar-refractivity contribution in [2.75, 3.05) is 0 Å². The van der Waals surface area contributed by atoms with Crippen LogP contribution in [0, 0.1) is 0 Å². The second-order valence-electron chi connectivity index (χ2n) is 11.6. The standard InChI is InChI=1S/C41H25NS2/c1-3-13-26(14-4-1)41(27-15-5-2-6-16-27)33-20-10-7-17-29(33)32-25-28(23-24-34(32)41)42-35-21-11-8-18-30(35)37-39-38(44-40(37)42)31-19-9-12-22-36(31)43-39/h1-25H. The normalized spacial score (nSPS) is 13.6. The van der Waals surface area contributed by atoms with Crippen molar-refractivity contribution in [1.82, 2.24) is 4.57 Å². The molecule has 0 N–H and O–H groups in total. The number of hydrogen-bond donors (Lipinski definition) is 0. The summed E-state index contributed by atoms with van der Waals surface area (Å²) in [5.74, 6) is 0. The Labute approximate surface area is 262 Å². The van der Waals surface area contributed by atoms with Gasteiger partial charge in [0.1, 0.15) is 4.83 Å². The first-order chi connectivity index (χ1) is 21.8. The van der Waals surface area contributed by atoms with Gasteiger partial charge in [0.2, 0.25) is 0 Å². The fraction of sp³-hybridized carbons (Fsp3) is 0.0244. The molecule has 1 aliphatic rings. The van der Waals surface area contributed by atoms with Gasteiger partial charge in [-0.1, -0.05) is 127 Å². The molecule has 0 saturated heterocycles. The van der Waals surface area contributed by atoms with Crippen molar-refractivity contribution in [1.29, 1.82) is 0 Å². The summed E-state index contributed by atoms with van der Waals surface area (Å²) in [6.07, 6.45) is 0. The van der Waals surface area contributed by atoms with Gasteiger partial charge in [-0.05, 0) is 57.6 Å². The smallest absolute Gasteiger partial charge is 0.110 e. The van der Waals surface area contributed by atoms with E-state index in [1.54, 1.807) is 0 Å². The lowest BCUT2D eigenvalue weighted by Gasteiger charge is -2.33. The highest BCUT2D eigenvalue weighted by molar-refractivity contribution is 7.36. The van der Waals surface area contributed by atoms with E-state index in [1.165, 1.54) is 79.7 Å². The Hall–Kier alpha value is -4.96. The average molecular weight is 596 g/mol. The number of rotatable bonds is 3. The van der Waals surface area contributed by atoms with Crippen LogP contribution in [0.1, 0.15) is 22.3 Å². The molecule has 1 nitrogen and oxygen atoms in total. The summed E-state index contributed by atoms with van der Waals surface area (Å²) < 4.78 is 6.67. The van der Waals surface area contributed by atoms with Gasteiger partial charge in [-0.3, -0.25) is 0 Å². The van der Waals surface area contributed by atoms with E-state index in [-0.39, 0.29) is 5.41 Å². The Kier molecular flexibility index (Phi) is 5.02. The molecule has 0 atom stereocenters. The van der Waals surface area contributed by atoms with Gasteiger partial charge in [0.25, 0.3) is 0 Å². The zero-order valence-corrected chi connectivity index (χ0v) is 25.3. The lowest BCUT2D eigenvalue weighted by molar-refractivity contribution is 0.768. The monoisotopic (exact) mass is 595 g/mol. The molecule has 0 amide bonds. The topological polar surface area (TPSA) is 4.93 Å². The quantitative estimate of drug-likeness (QED) is 0.191. The summed E-state index contributed by atoms with van der Waals surface area (Å²) in [6.45, 7) is 0. The summed E-state index contributed by atoms with van der Waals surface area (Å²) in [5, 5.41) is 4.07. The molecule has 3 aromatic heterocycles. The van der Waals surface area contributed by atoms with Crippen molar-refractivity contribution in [3.8, 4) is 16.8 Å². The number of aromatic nitrogens is 1. The van der Waals surface area contributed by atoms with Crippen molar-refractivity contribution < 1.29 is 0 Å². The average Bonchev–Trinajstić information content (AvgIpc) is 3.80. The molecule has 6 aromatic carbocycles. The summed E-state index contributed by atoms with van der Waals surface area (Å²) in [4.78, 5) is 1.32. The molecule has 1 aliphatic carbocycles. The van der Waals surface area contributed by atoms with Crippen molar-refractivity contribution in [2.24, 2.45) is 0 Å². The lowest BCUT2D eigenvalue weighted by Crippen LogP contribution is -2.28. The molecule has 3 heteroatoms. The van der Waals surface area contributed by atoms with Crippen molar-refractivity contribution in [3.63, 3.8) is 0 Å². The maximum atomic E-state index is 2.50. The molecule has 0 aliphatic heterocycles. The van der Waals surface area contributed by atoms with Crippen LogP contribution < -0.4 is 0 Å². The Bertz CT molecular complexity index is 2510. The first-order valence-corrected chi connectivity index (χ1v) is 16.7. The molecular weight excluding hydrogens is 571 g/mol. The highest BCUT2D eigenvalue weighted by Crippen LogP contribution is 2.57. The molecule has 0 unspecified atom stereocenters. The third-order valence-electron chi connectivity index (χ3n) is 9.51. The van der Waals surface area contributed by atoms with Crippen LogP contribution in [-0.2, 0) is 5.41 Å². The SMILES string of the molecule is c1ccc(C2(c3ccccc3)c3ccccc3-c3cc(-n4c5ccccc5c5c6sc7ccccc7c6sc54)ccc32)cc1. The molecule has 0 fully saturated rings. The Balaban J connectivity index is 1.30. The number of thiophene rings is 2. The van der Waals surface area contributed by atoms with Crippen LogP contribution in [0.15, 0.2) is 152 Å². The summed E-state index contributed by atoms with van der Waals surface area (Å²) in [6, 6.07) is 56.0.